The van der Waals surface area contributed by atoms with E-state index in [1.165, 1.54) is 18.2 Å². The number of carbonyl (C=O) groups is 4. The number of nitrogens with zero attached hydrogens (tertiary/aromatic N) is 1. The Morgan fingerprint density at radius 3 is 2.34 bits per heavy atom. The van der Waals surface area contributed by atoms with Gasteiger partial charge in [-0.2, -0.15) is 0 Å². The SMILES string of the molecule is CCCOC(=O)c1cccc(N2C(=O)C(Cl)=C(Nc3ccc(C(=O)Nc4ccc(Cl)cc4C)cc3)C2=O)c1. The molecule has 0 unspecified atom stereocenters. The Kier molecular flexibility index (Phi) is 8.14. The van der Waals surface area contributed by atoms with Crippen molar-refractivity contribution in [2.24, 2.45) is 0 Å². The van der Waals surface area contributed by atoms with Crippen LogP contribution in [0.4, 0.5) is 17.1 Å². The average molecular weight is 552 g/mol. The zero-order chi connectivity index (χ0) is 27.4. The van der Waals surface area contributed by atoms with Crippen LogP contribution in [0.5, 0.6) is 0 Å². The number of carbonyl (C=O) groups excluding carboxylic acids is 4. The molecule has 8 nitrogen and oxygen atoms in total. The topological polar surface area (TPSA) is 105 Å². The van der Waals surface area contributed by atoms with Gasteiger partial charge in [-0.3, -0.25) is 14.4 Å². The Morgan fingerprint density at radius 1 is 0.921 bits per heavy atom. The maximum Gasteiger partial charge on any atom is 0.338 e. The summed E-state index contributed by atoms with van der Waals surface area (Å²) < 4.78 is 5.13. The lowest BCUT2D eigenvalue weighted by Crippen LogP contribution is -2.32. The van der Waals surface area contributed by atoms with E-state index < -0.39 is 17.8 Å². The number of halogens is 2. The Morgan fingerprint density at radius 2 is 1.66 bits per heavy atom. The average Bonchev–Trinajstić information content (AvgIpc) is 3.12. The van der Waals surface area contributed by atoms with Gasteiger partial charge in [0, 0.05) is 22.0 Å². The first-order valence-corrected chi connectivity index (χ1v) is 12.5. The maximum absolute atomic E-state index is 13.1. The summed E-state index contributed by atoms with van der Waals surface area (Å²) in [6.45, 7) is 3.97. The summed E-state index contributed by atoms with van der Waals surface area (Å²) in [5.41, 5.74) is 2.55. The molecule has 3 aromatic carbocycles. The van der Waals surface area contributed by atoms with E-state index in [1.807, 2.05) is 13.8 Å². The summed E-state index contributed by atoms with van der Waals surface area (Å²) in [4.78, 5) is 51.7. The lowest BCUT2D eigenvalue weighted by molar-refractivity contribution is -0.120. The molecular formula is C28H23Cl2N3O5. The van der Waals surface area contributed by atoms with E-state index in [2.05, 4.69) is 10.6 Å². The Hall–Kier alpha value is -4.14. The highest BCUT2D eigenvalue weighted by Gasteiger charge is 2.39. The maximum atomic E-state index is 13.1. The molecule has 0 spiro atoms. The van der Waals surface area contributed by atoms with Crippen molar-refractivity contribution in [1.29, 1.82) is 0 Å². The Labute approximate surface area is 229 Å². The molecule has 3 aromatic rings. The number of rotatable bonds is 8. The zero-order valence-electron chi connectivity index (χ0n) is 20.5. The third-order valence-electron chi connectivity index (χ3n) is 5.66. The molecule has 10 heteroatoms. The summed E-state index contributed by atoms with van der Waals surface area (Å²) in [6.07, 6.45) is 0.663. The predicted molar refractivity (Wildman–Crippen MR) is 147 cm³/mol. The summed E-state index contributed by atoms with van der Waals surface area (Å²) in [7, 11) is 0. The number of aryl methyl sites for hydroxylation is 1. The first-order chi connectivity index (χ1) is 18.2. The van der Waals surface area contributed by atoms with Gasteiger partial charge in [0.25, 0.3) is 17.7 Å². The van der Waals surface area contributed by atoms with Crippen molar-refractivity contribution in [3.05, 3.63) is 99.2 Å². The van der Waals surface area contributed by atoms with Crippen LogP contribution < -0.4 is 15.5 Å². The van der Waals surface area contributed by atoms with Crippen LogP contribution in [0.2, 0.25) is 5.02 Å². The molecule has 0 aromatic heterocycles. The van der Waals surface area contributed by atoms with Gasteiger partial charge >= 0.3 is 5.97 Å². The number of amides is 3. The van der Waals surface area contributed by atoms with Crippen molar-refractivity contribution >= 4 is 64.0 Å². The number of nitrogens with one attached hydrogen (secondary N) is 2. The molecule has 0 saturated heterocycles. The number of imide groups is 1. The van der Waals surface area contributed by atoms with Gasteiger partial charge in [-0.25, -0.2) is 9.69 Å². The smallest absolute Gasteiger partial charge is 0.338 e. The van der Waals surface area contributed by atoms with E-state index in [0.717, 1.165) is 10.5 Å². The lowest BCUT2D eigenvalue weighted by Gasteiger charge is -2.16. The molecule has 0 radical (unpaired) electrons. The van der Waals surface area contributed by atoms with Gasteiger partial charge in [-0.15, -0.1) is 0 Å². The van der Waals surface area contributed by atoms with Crippen LogP contribution in [-0.4, -0.2) is 30.3 Å². The molecule has 4 rings (SSSR count). The summed E-state index contributed by atoms with van der Waals surface area (Å²) in [5.74, 6) is -2.29. The van der Waals surface area contributed by atoms with E-state index >= 15 is 0 Å². The molecule has 1 aliphatic heterocycles. The Bertz CT molecular complexity index is 1470. The molecule has 38 heavy (non-hydrogen) atoms. The van der Waals surface area contributed by atoms with Gasteiger partial charge in [0.05, 0.1) is 17.9 Å². The van der Waals surface area contributed by atoms with Crippen LogP contribution in [0.15, 0.2) is 77.5 Å². The van der Waals surface area contributed by atoms with Crippen LogP contribution in [0, 0.1) is 6.92 Å². The molecule has 0 atom stereocenters. The molecule has 0 saturated carbocycles. The predicted octanol–water partition coefficient (Wildman–Crippen LogP) is 5.90. The van der Waals surface area contributed by atoms with Crippen LogP contribution in [0.3, 0.4) is 0 Å². The van der Waals surface area contributed by atoms with Crippen LogP contribution in [0.1, 0.15) is 39.6 Å². The first kappa shape index (κ1) is 26.9. The molecule has 194 valence electrons. The van der Waals surface area contributed by atoms with Gasteiger partial charge in [0.2, 0.25) is 0 Å². The largest absolute Gasteiger partial charge is 0.462 e. The lowest BCUT2D eigenvalue weighted by atomic mass is 10.1. The minimum Gasteiger partial charge on any atom is -0.462 e. The first-order valence-electron chi connectivity index (χ1n) is 11.7. The van der Waals surface area contributed by atoms with Crippen LogP contribution >= 0.6 is 23.2 Å². The van der Waals surface area contributed by atoms with Gasteiger partial charge in [0.15, 0.2) is 0 Å². The van der Waals surface area contributed by atoms with Crippen LogP contribution in [0.25, 0.3) is 0 Å². The highest BCUT2D eigenvalue weighted by molar-refractivity contribution is 6.53. The number of ether oxygens (including phenoxy) is 1. The fourth-order valence-electron chi connectivity index (χ4n) is 3.71. The van der Waals surface area contributed by atoms with Crippen molar-refractivity contribution in [2.75, 3.05) is 22.1 Å². The molecule has 1 aliphatic rings. The van der Waals surface area contributed by atoms with Gasteiger partial charge in [-0.05, 0) is 79.6 Å². The third-order valence-corrected chi connectivity index (χ3v) is 6.24. The van der Waals surface area contributed by atoms with Crippen molar-refractivity contribution in [3.8, 4) is 0 Å². The van der Waals surface area contributed by atoms with E-state index in [0.29, 0.717) is 28.4 Å². The second kappa shape index (κ2) is 11.5. The normalized spacial score (nSPS) is 13.1. The summed E-state index contributed by atoms with van der Waals surface area (Å²) in [6, 6.07) is 17.5. The fraction of sp³-hybridized carbons (Fsp3) is 0.143. The third kappa shape index (κ3) is 5.72. The monoisotopic (exact) mass is 551 g/mol. The zero-order valence-corrected chi connectivity index (χ0v) is 22.0. The number of hydrogen-bond donors (Lipinski definition) is 2. The Balaban J connectivity index is 1.47. The quantitative estimate of drug-likeness (QED) is 0.266. The number of anilines is 3. The van der Waals surface area contributed by atoms with Gasteiger partial charge < -0.3 is 15.4 Å². The molecule has 0 bridgehead atoms. The molecule has 3 amide bonds. The number of esters is 1. The molecule has 1 heterocycles. The number of benzene rings is 3. The standard InChI is InChI=1S/C28H23Cl2N3O5/c1-3-13-38-28(37)18-5-4-6-21(15-18)33-26(35)23(30)24(27(33)36)31-20-10-7-17(8-11-20)25(34)32-22-12-9-19(29)14-16(22)2/h4-12,14-15,31H,3,13H2,1-2H3,(H,32,34). The molecule has 0 fully saturated rings. The molecule has 0 aliphatic carbocycles. The fourth-order valence-corrected chi connectivity index (χ4v) is 4.15. The highest BCUT2D eigenvalue weighted by Crippen LogP contribution is 2.31. The van der Waals surface area contributed by atoms with E-state index in [-0.39, 0.29) is 34.5 Å². The second-order valence-electron chi connectivity index (χ2n) is 8.44. The molecule has 2 N–H and O–H groups in total. The van der Waals surface area contributed by atoms with E-state index in [1.54, 1.807) is 48.5 Å². The summed E-state index contributed by atoms with van der Waals surface area (Å²) >= 11 is 12.2. The van der Waals surface area contributed by atoms with Crippen LogP contribution in [-0.2, 0) is 14.3 Å². The molecular weight excluding hydrogens is 529 g/mol. The second-order valence-corrected chi connectivity index (χ2v) is 9.25. The van der Waals surface area contributed by atoms with Crippen molar-refractivity contribution in [1.82, 2.24) is 0 Å². The minimum atomic E-state index is -0.729. The van der Waals surface area contributed by atoms with E-state index in [9.17, 15) is 19.2 Å². The van der Waals surface area contributed by atoms with E-state index in [4.69, 9.17) is 27.9 Å². The highest BCUT2D eigenvalue weighted by atomic mass is 35.5. The number of hydrogen-bond acceptors (Lipinski definition) is 6. The van der Waals surface area contributed by atoms with Crippen molar-refractivity contribution in [2.45, 2.75) is 20.3 Å². The van der Waals surface area contributed by atoms with Gasteiger partial charge in [-0.1, -0.05) is 36.2 Å². The van der Waals surface area contributed by atoms with Gasteiger partial charge in [0.1, 0.15) is 10.7 Å². The van der Waals surface area contributed by atoms with Crippen molar-refractivity contribution in [3.63, 3.8) is 0 Å². The summed E-state index contributed by atoms with van der Waals surface area (Å²) in [5, 5.41) is 5.97. The minimum absolute atomic E-state index is 0.121. The van der Waals surface area contributed by atoms with Crippen molar-refractivity contribution < 1.29 is 23.9 Å².